The van der Waals surface area contributed by atoms with Gasteiger partial charge < -0.3 is 15.4 Å². The van der Waals surface area contributed by atoms with Gasteiger partial charge >= 0.3 is 5.97 Å². The van der Waals surface area contributed by atoms with Crippen molar-refractivity contribution in [2.75, 3.05) is 18.5 Å². The number of hydrogen-bond donors (Lipinski definition) is 2. The summed E-state index contributed by atoms with van der Waals surface area (Å²) in [4.78, 5) is 28.9. The number of para-hydroxylation sites is 1. The quantitative estimate of drug-likeness (QED) is 0.505. The van der Waals surface area contributed by atoms with Crippen LogP contribution in [0.2, 0.25) is 0 Å². The summed E-state index contributed by atoms with van der Waals surface area (Å²) in [6, 6.07) is 10.4. The second-order valence-electron chi connectivity index (χ2n) is 6.93. The lowest BCUT2D eigenvalue weighted by atomic mass is 9.97. The highest BCUT2D eigenvalue weighted by atomic mass is 16.5. The SMILES string of the molecule is CCOC(=O)c1ccccc1Nc1cc(C(=O)NCCC2=CCCCC2)ccn1. The number of amides is 1. The zero-order valence-electron chi connectivity index (χ0n) is 16.7. The van der Waals surface area contributed by atoms with Crippen LogP contribution in [0, 0.1) is 0 Å². The molecule has 6 heteroatoms. The van der Waals surface area contributed by atoms with E-state index in [0.717, 1.165) is 19.3 Å². The third kappa shape index (κ3) is 5.91. The highest BCUT2D eigenvalue weighted by Crippen LogP contribution is 2.21. The molecule has 1 amide bonds. The van der Waals surface area contributed by atoms with Crippen LogP contribution in [-0.4, -0.2) is 30.0 Å². The molecule has 6 nitrogen and oxygen atoms in total. The highest BCUT2D eigenvalue weighted by Gasteiger charge is 2.13. The maximum absolute atomic E-state index is 12.5. The minimum atomic E-state index is -0.401. The fraction of sp³-hybridized carbons (Fsp3) is 0.348. The number of nitrogens with zero attached hydrogens (tertiary/aromatic N) is 1. The van der Waals surface area contributed by atoms with Gasteiger partial charge in [-0.15, -0.1) is 0 Å². The highest BCUT2D eigenvalue weighted by molar-refractivity contribution is 5.97. The van der Waals surface area contributed by atoms with E-state index in [-0.39, 0.29) is 5.91 Å². The van der Waals surface area contributed by atoms with Gasteiger partial charge in [0.15, 0.2) is 0 Å². The van der Waals surface area contributed by atoms with E-state index in [1.165, 1.54) is 18.4 Å². The van der Waals surface area contributed by atoms with E-state index in [2.05, 4.69) is 21.7 Å². The average molecular weight is 393 g/mol. The van der Waals surface area contributed by atoms with E-state index in [0.29, 0.717) is 35.8 Å². The van der Waals surface area contributed by atoms with E-state index >= 15 is 0 Å². The van der Waals surface area contributed by atoms with Gasteiger partial charge in [-0.3, -0.25) is 4.79 Å². The zero-order valence-corrected chi connectivity index (χ0v) is 16.7. The lowest BCUT2D eigenvalue weighted by molar-refractivity contribution is 0.0527. The fourth-order valence-electron chi connectivity index (χ4n) is 3.33. The molecule has 3 rings (SSSR count). The topological polar surface area (TPSA) is 80.3 Å². The molecule has 0 saturated heterocycles. The van der Waals surface area contributed by atoms with Crippen LogP contribution in [0.4, 0.5) is 11.5 Å². The molecule has 0 spiro atoms. The number of pyridine rings is 1. The first-order valence-corrected chi connectivity index (χ1v) is 10.1. The maximum Gasteiger partial charge on any atom is 0.340 e. The number of allylic oxidation sites excluding steroid dienone is 1. The van der Waals surface area contributed by atoms with Crippen molar-refractivity contribution >= 4 is 23.4 Å². The summed E-state index contributed by atoms with van der Waals surface area (Å²) in [5.41, 5.74) is 2.96. The normalized spacial score (nSPS) is 13.3. The molecule has 0 radical (unpaired) electrons. The number of esters is 1. The van der Waals surface area contributed by atoms with Crippen LogP contribution in [0.3, 0.4) is 0 Å². The standard InChI is InChI=1S/C23H27N3O3/c1-2-29-23(28)19-10-6-7-11-20(19)26-21-16-18(13-15-24-21)22(27)25-14-12-17-8-4-3-5-9-17/h6-8,10-11,13,15-16H,2-5,9,12,14H2,1H3,(H,24,26)(H,25,27). The van der Waals surface area contributed by atoms with E-state index in [4.69, 9.17) is 4.74 Å². The molecule has 1 aliphatic carbocycles. The van der Waals surface area contributed by atoms with Crippen LogP contribution in [0.1, 0.15) is 59.7 Å². The maximum atomic E-state index is 12.5. The molecule has 152 valence electrons. The van der Waals surface area contributed by atoms with Gasteiger partial charge in [-0.1, -0.05) is 23.8 Å². The molecular formula is C23H27N3O3. The first-order valence-electron chi connectivity index (χ1n) is 10.1. The molecule has 0 aliphatic heterocycles. The molecule has 0 bridgehead atoms. The summed E-state index contributed by atoms with van der Waals surface area (Å²) in [6.45, 7) is 2.70. The van der Waals surface area contributed by atoms with Gasteiger partial charge in [0, 0.05) is 18.3 Å². The second-order valence-corrected chi connectivity index (χ2v) is 6.93. The first-order chi connectivity index (χ1) is 14.2. The molecule has 0 saturated carbocycles. The van der Waals surface area contributed by atoms with E-state index in [1.807, 2.05) is 6.07 Å². The summed E-state index contributed by atoms with van der Waals surface area (Å²) < 4.78 is 5.09. The second kappa shape index (κ2) is 10.4. The fourth-order valence-corrected chi connectivity index (χ4v) is 3.33. The molecule has 0 unspecified atom stereocenters. The smallest absolute Gasteiger partial charge is 0.340 e. The van der Waals surface area contributed by atoms with Gasteiger partial charge in [-0.25, -0.2) is 9.78 Å². The number of carbonyl (C=O) groups excluding carboxylic acids is 2. The molecule has 1 heterocycles. The lowest BCUT2D eigenvalue weighted by Gasteiger charge is -2.13. The Balaban J connectivity index is 1.63. The molecule has 0 atom stereocenters. The number of rotatable bonds is 8. The van der Waals surface area contributed by atoms with Crippen molar-refractivity contribution in [2.24, 2.45) is 0 Å². The number of benzene rings is 1. The Morgan fingerprint density at radius 1 is 1.17 bits per heavy atom. The number of carbonyl (C=O) groups is 2. The number of aromatic nitrogens is 1. The predicted molar refractivity (Wildman–Crippen MR) is 113 cm³/mol. The first kappa shape index (κ1) is 20.6. The Labute approximate surface area is 171 Å². The van der Waals surface area contributed by atoms with E-state index in [1.54, 1.807) is 43.5 Å². The van der Waals surface area contributed by atoms with Crippen LogP contribution >= 0.6 is 0 Å². The van der Waals surface area contributed by atoms with Crippen LogP contribution in [0.25, 0.3) is 0 Å². The van der Waals surface area contributed by atoms with Crippen molar-refractivity contribution in [2.45, 2.75) is 39.0 Å². The van der Waals surface area contributed by atoms with Crippen LogP contribution in [0.5, 0.6) is 0 Å². The van der Waals surface area contributed by atoms with Crippen molar-refractivity contribution in [3.05, 3.63) is 65.4 Å². The van der Waals surface area contributed by atoms with Gasteiger partial charge in [-0.05, 0) is 63.3 Å². The molecule has 1 aromatic heterocycles. The third-order valence-electron chi connectivity index (χ3n) is 4.82. The molecule has 2 N–H and O–H groups in total. The Kier molecular flexibility index (Phi) is 7.39. The van der Waals surface area contributed by atoms with Crippen molar-refractivity contribution < 1.29 is 14.3 Å². The van der Waals surface area contributed by atoms with Gasteiger partial charge in [0.1, 0.15) is 5.82 Å². The van der Waals surface area contributed by atoms with Crippen LogP contribution in [-0.2, 0) is 4.74 Å². The minimum absolute atomic E-state index is 0.134. The van der Waals surface area contributed by atoms with Gasteiger partial charge in [0.25, 0.3) is 5.91 Å². The molecular weight excluding hydrogens is 366 g/mol. The largest absolute Gasteiger partial charge is 0.462 e. The van der Waals surface area contributed by atoms with Crippen molar-refractivity contribution in [3.63, 3.8) is 0 Å². The molecule has 0 fully saturated rings. The van der Waals surface area contributed by atoms with E-state index < -0.39 is 5.97 Å². The summed E-state index contributed by atoms with van der Waals surface area (Å²) in [6.07, 6.45) is 9.57. The van der Waals surface area contributed by atoms with Gasteiger partial charge in [0.2, 0.25) is 0 Å². The van der Waals surface area contributed by atoms with Crippen molar-refractivity contribution in [1.29, 1.82) is 0 Å². The molecule has 1 aliphatic rings. The summed E-state index contributed by atoms with van der Waals surface area (Å²) >= 11 is 0. The number of anilines is 2. The predicted octanol–water partition coefficient (Wildman–Crippen LogP) is 4.62. The third-order valence-corrected chi connectivity index (χ3v) is 4.82. The summed E-state index contributed by atoms with van der Waals surface area (Å²) in [7, 11) is 0. The lowest BCUT2D eigenvalue weighted by Crippen LogP contribution is -2.25. The Morgan fingerprint density at radius 3 is 2.83 bits per heavy atom. The minimum Gasteiger partial charge on any atom is -0.462 e. The summed E-state index contributed by atoms with van der Waals surface area (Å²) in [5.74, 6) is -0.0450. The van der Waals surface area contributed by atoms with E-state index in [9.17, 15) is 9.59 Å². The zero-order chi connectivity index (χ0) is 20.5. The number of hydrogen-bond acceptors (Lipinski definition) is 5. The van der Waals surface area contributed by atoms with Gasteiger partial charge in [0.05, 0.1) is 17.9 Å². The molecule has 2 aromatic rings. The Morgan fingerprint density at radius 2 is 2.03 bits per heavy atom. The molecule has 29 heavy (non-hydrogen) atoms. The number of ether oxygens (including phenoxy) is 1. The number of nitrogens with one attached hydrogen (secondary N) is 2. The van der Waals surface area contributed by atoms with Crippen LogP contribution < -0.4 is 10.6 Å². The van der Waals surface area contributed by atoms with Gasteiger partial charge in [-0.2, -0.15) is 0 Å². The Hall–Kier alpha value is -3.15. The average Bonchev–Trinajstić information content (AvgIpc) is 2.75. The Bertz CT molecular complexity index is 892. The van der Waals surface area contributed by atoms with Crippen molar-refractivity contribution in [1.82, 2.24) is 10.3 Å². The summed E-state index contributed by atoms with van der Waals surface area (Å²) in [5, 5.41) is 6.09. The molecule has 1 aromatic carbocycles. The van der Waals surface area contributed by atoms with Crippen LogP contribution in [0.15, 0.2) is 54.2 Å². The van der Waals surface area contributed by atoms with Crippen molar-refractivity contribution in [3.8, 4) is 0 Å². The monoisotopic (exact) mass is 393 g/mol.